The number of rotatable bonds is 1. The quantitative estimate of drug-likeness (QED) is 0.737. The molecule has 0 bridgehead atoms. The third kappa shape index (κ3) is 2.31. The Labute approximate surface area is 92.0 Å². The highest BCUT2D eigenvalue weighted by Gasteiger charge is 2.45. The van der Waals surface area contributed by atoms with Crippen LogP contribution in [0.4, 0.5) is 13.2 Å². The van der Waals surface area contributed by atoms with Gasteiger partial charge in [0.25, 0.3) is 0 Å². The first-order valence-corrected chi connectivity index (χ1v) is 5.54. The van der Waals surface area contributed by atoms with Gasteiger partial charge < -0.3 is 10.2 Å². The maximum Gasteiger partial charge on any atom is 0.393 e. The van der Waals surface area contributed by atoms with Gasteiger partial charge in [-0.05, 0) is 19.4 Å². The van der Waals surface area contributed by atoms with Gasteiger partial charge in [0.1, 0.15) is 0 Å². The van der Waals surface area contributed by atoms with Crippen LogP contribution in [0.3, 0.4) is 0 Å². The zero-order valence-corrected chi connectivity index (χ0v) is 8.89. The average Bonchev–Trinajstić information content (AvgIpc) is 2.87. The van der Waals surface area contributed by atoms with Gasteiger partial charge >= 0.3 is 6.18 Å². The normalized spacial score (nSPS) is 31.1. The molecule has 92 valence electrons. The van der Waals surface area contributed by atoms with Crippen LogP contribution >= 0.6 is 0 Å². The molecule has 2 atom stereocenters. The third-order valence-electron chi connectivity index (χ3n) is 3.37. The Balaban J connectivity index is 1.90. The van der Waals surface area contributed by atoms with Crippen LogP contribution in [0.1, 0.15) is 12.8 Å². The molecule has 0 aromatic carbocycles. The predicted octanol–water partition coefficient (Wildman–Crippen LogP) is 1.01. The Kier molecular flexibility index (Phi) is 3.10. The summed E-state index contributed by atoms with van der Waals surface area (Å²) >= 11 is 0. The molecule has 2 fully saturated rings. The maximum atomic E-state index is 12.4. The summed E-state index contributed by atoms with van der Waals surface area (Å²) in [4.78, 5) is 13.2. The van der Waals surface area contributed by atoms with Crippen molar-refractivity contribution in [2.45, 2.75) is 19.0 Å². The Hall–Kier alpha value is -0.780. The van der Waals surface area contributed by atoms with Gasteiger partial charge in [0.05, 0.1) is 11.8 Å². The molecule has 0 spiro atoms. The summed E-state index contributed by atoms with van der Waals surface area (Å²) in [6.45, 7) is 1.48. The lowest BCUT2D eigenvalue weighted by atomic mass is 10.1. The van der Waals surface area contributed by atoms with Gasteiger partial charge in [-0.3, -0.25) is 4.79 Å². The van der Waals surface area contributed by atoms with Crippen molar-refractivity contribution in [3.63, 3.8) is 0 Å². The lowest BCUT2D eigenvalue weighted by Gasteiger charge is -2.20. The van der Waals surface area contributed by atoms with E-state index in [1.165, 1.54) is 4.90 Å². The Morgan fingerprint density at radius 3 is 2.56 bits per heavy atom. The minimum absolute atomic E-state index is 0.0510. The summed E-state index contributed by atoms with van der Waals surface area (Å²) in [5.41, 5.74) is 0. The zero-order chi connectivity index (χ0) is 11.8. The predicted molar refractivity (Wildman–Crippen MR) is 51.7 cm³/mol. The van der Waals surface area contributed by atoms with Gasteiger partial charge in [-0.15, -0.1) is 0 Å². The fraction of sp³-hybridized carbons (Fsp3) is 0.900. The molecule has 1 amide bonds. The van der Waals surface area contributed by atoms with Gasteiger partial charge in [0.2, 0.25) is 5.91 Å². The number of nitrogens with zero attached hydrogens (tertiary/aromatic N) is 1. The molecule has 0 saturated carbocycles. The van der Waals surface area contributed by atoms with E-state index in [4.69, 9.17) is 0 Å². The summed E-state index contributed by atoms with van der Waals surface area (Å²) in [6, 6.07) is 0. The standard InChI is InChI=1S/C10H15F3N2O/c11-10(12,13)8-2-4-15(6-8)9(16)7-1-3-14-5-7/h7-8,14H,1-6H2/t7-,8-/m0/s1. The Bertz CT molecular complexity index is 274. The molecule has 0 radical (unpaired) electrons. The SMILES string of the molecule is O=C([C@H]1CCNC1)N1CC[C@H](C(F)(F)F)C1. The van der Waals surface area contributed by atoms with Crippen LogP contribution in [-0.2, 0) is 4.79 Å². The van der Waals surface area contributed by atoms with E-state index in [1.54, 1.807) is 0 Å². The third-order valence-corrected chi connectivity index (χ3v) is 3.37. The van der Waals surface area contributed by atoms with Gasteiger partial charge in [-0.2, -0.15) is 13.2 Å². The molecule has 2 aliphatic heterocycles. The number of carbonyl (C=O) groups excluding carboxylic acids is 1. The van der Waals surface area contributed by atoms with Gasteiger partial charge in [-0.1, -0.05) is 0 Å². The molecule has 2 heterocycles. The smallest absolute Gasteiger partial charge is 0.342 e. The highest BCUT2D eigenvalue weighted by Crippen LogP contribution is 2.34. The molecule has 6 heteroatoms. The van der Waals surface area contributed by atoms with E-state index in [0.717, 1.165) is 13.0 Å². The van der Waals surface area contributed by atoms with Gasteiger partial charge in [0, 0.05) is 19.6 Å². The minimum atomic E-state index is -4.16. The lowest BCUT2D eigenvalue weighted by molar-refractivity contribution is -0.171. The number of alkyl halides is 3. The molecule has 16 heavy (non-hydrogen) atoms. The molecule has 0 aromatic rings. The fourth-order valence-electron chi connectivity index (χ4n) is 2.35. The number of hydrogen-bond donors (Lipinski definition) is 1. The van der Waals surface area contributed by atoms with Gasteiger partial charge in [0.15, 0.2) is 0 Å². The highest BCUT2D eigenvalue weighted by molar-refractivity contribution is 5.79. The van der Waals surface area contributed by atoms with Crippen LogP contribution in [0.15, 0.2) is 0 Å². The Morgan fingerprint density at radius 1 is 1.31 bits per heavy atom. The second-order valence-corrected chi connectivity index (χ2v) is 4.50. The van der Waals surface area contributed by atoms with E-state index in [0.29, 0.717) is 6.54 Å². The van der Waals surface area contributed by atoms with E-state index in [-0.39, 0.29) is 31.3 Å². The molecule has 3 nitrogen and oxygen atoms in total. The van der Waals surface area contributed by atoms with Crippen molar-refractivity contribution < 1.29 is 18.0 Å². The van der Waals surface area contributed by atoms with Crippen molar-refractivity contribution in [2.75, 3.05) is 26.2 Å². The average molecular weight is 236 g/mol. The maximum absolute atomic E-state index is 12.4. The summed E-state index contributed by atoms with van der Waals surface area (Å²) in [5, 5.41) is 3.05. The molecular weight excluding hydrogens is 221 g/mol. The highest BCUT2D eigenvalue weighted by atomic mass is 19.4. The van der Waals surface area contributed by atoms with Crippen molar-refractivity contribution in [3.05, 3.63) is 0 Å². The first kappa shape index (κ1) is 11.7. The van der Waals surface area contributed by atoms with Crippen molar-refractivity contribution in [2.24, 2.45) is 11.8 Å². The summed E-state index contributed by atoms with van der Waals surface area (Å²) in [7, 11) is 0. The van der Waals surface area contributed by atoms with Crippen LogP contribution in [-0.4, -0.2) is 43.2 Å². The number of hydrogen-bond acceptors (Lipinski definition) is 2. The number of nitrogens with one attached hydrogen (secondary N) is 1. The molecule has 2 rings (SSSR count). The van der Waals surface area contributed by atoms with Crippen molar-refractivity contribution in [3.8, 4) is 0 Å². The fourth-order valence-corrected chi connectivity index (χ4v) is 2.35. The summed E-state index contributed by atoms with van der Waals surface area (Å²) < 4.78 is 37.3. The zero-order valence-electron chi connectivity index (χ0n) is 8.89. The second kappa shape index (κ2) is 4.24. The molecule has 2 aliphatic rings. The first-order chi connectivity index (χ1) is 7.48. The van der Waals surface area contributed by atoms with Gasteiger partial charge in [-0.25, -0.2) is 0 Å². The monoisotopic (exact) mass is 236 g/mol. The van der Waals surface area contributed by atoms with Crippen molar-refractivity contribution in [1.82, 2.24) is 10.2 Å². The Morgan fingerprint density at radius 2 is 2.06 bits per heavy atom. The minimum Gasteiger partial charge on any atom is -0.342 e. The number of amides is 1. The van der Waals surface area contributed by atoms with E-state index < -0.39 is 12.1 Å². The number of likely N-dealkylation sites (tertiary alicyclic amines) is 1. The van der Waals surface area contributed by atoms with Crippen LogP contribution in [0.5, 0.6) is 0 Å². The molecule has 2 saturated heterocycles. The van der Waals surface area contributed by atoms with E-state index in [1.807, 2.05) is 0 Å². The second-order valence-electron chi connectivity index (χ2n) is 4.50. The lowest BCUT2D eigenvalue weighted by Crippen LogP contribution is -2.36. The van der Waals surface area contributed by atoms with E-state index >= 15 is 0 Å². The van der Waals surface area contributed by atoms with Crippen LogP contribution in [0.2, 0.25) is 0 Å². The summed E-state index contributed by atoms with van der Waals surface area (Å²) in [6.07, 6.45) is -3.37. The topological polar surface area (TPSA) is 32.3 Å². The number of halogens is 3. The van der Waals surface area contributed by atoms with Crippen molar-refractivity contribution >= 4 is 5.91 Å². The van der Waals surface area contributed by atoms with Crippen molar-refractivity contribution in [1.29, 1.82) is 0 Å². The van der Waals surface area contributed by atoms with Crippen LogP contribution in [0, 0.1) is 11.8 Å². The van der Waals surface area contributed by atoms with E-state index in [2.05, 4.69) is 5.32 Å². The molecule has 1 N–H and O–H groups in total. The number of carbonyl (C=O) groups is 1. The summed E-state index contributed by atoms with van der Waals surface area (Å²) in [5.74, 6) is -1.56. The van der Waals surface area contributed by atoms with Crippen LogP contribution in [0.25, 0.3) is 0 Å². The molecule has 0 unspecified atom stereocenters. The molecule has 0 aromatic heterocycles. The van der Waals surface area contributed by atoms with Crippen LogP contribution < -0.4 is 5.32 Å². The largest absolute Gasteiger partial charge is 0.393 e. The molecular formula is C10H15F3N2O. The van der Waals surface area contributed by atoms with E-state index in [9.17, 15) is 18.0 Å². The molecule has 0 aliphatic carbocycles. The first-order valence-electron chi connectivity index (χ1n) is 5.54.